The van der Waals surface area contributed by atoms with Gasteiger partial charge in [-0.1, -0.05) is 18.2 Å². The molecule has 0 N–H and O–H groups in total. The number of hydrogen-bond acceptors (Lipinski definition) is 3. The van der Waals surface area contributed by atoms with E-state index in [2.05, 4.69) is 19.7 Å². The van der Waals surface area contributed by atoms with Gasteiger partial charge in [-0.15, -0.1) is 19.7 Å². The van der Waals surface area contributed by atoms with Crippen molar-refractivity contribution in [2.45, 2.75) is 36.5 Å². The van der Waals surface area contributed by atoms with Crippen LogP contribution in [0.3, 0.4) is 0 Å². The lowest BCUT2D eigenvalue weighted by atomic mass is 9.77. The van der Waals surface area contributed by atoms with E-state index in [1.807, 2.05) is 0 Å². The van der Waals surface area contributed by atoms with E-state index < -0.39 is 17.4 Å². The van der Waals surface area contributed by atoms with Gasteiger partial charge in [-0.25, -0.2) is 4.79 Å². The molecule has 0 bridgehead atoms. The number of hydrogen-bond donors (Lipinski definition) is 0. The summed E-state index contributed by atoms with van der Waals surface area (Å²) in [6.07, 6.45) is 6.46. The fourth-order valence-electron chi connectivity index (χ4n) is 2.53. The van der Waals surface area contributed by atoms with E-state index in [4.69, 9.17) is 9.47 Å². The highest BCUT2D eigenvalue weighted by molar-refractivity contribution is 6.09. The van der Waals surface area contributed by atoms with E-state index in [1.54, 1.807) is 18.2 Å². The van der Waals surface area contributed by atoms with Crippen LogP contribution in [0.2, 0.25) is 6.04 Å². The quantitative estimate of drug-likeness (QED) is 0.396. The summed E-state index contributed by atoms with van der Waals surface area (Å²) < 4.78 is 10.9. The summed E-state index contributed by atoms with van der Waals surface area (Å²) in [5.41, 5.74) is -1.26. The van der Waals surface area contributed by atoms with Gasteiger partial charge in [-0.05, 0) is 6.04 Å². The molecule has 1 rings (SSSR count). The van der Waals surface area contributed by atoms with Crippen molar-refractivity contribution in [1.82, 2.24) is 0 Å². The third kappa shape index (κ3) is 2.22. The molecule has 1 saturated heterocycles. The van der Waals surface area contributed by atoms with Gasteiger partial charge in [-0.3, -0.25) is 0 Å². The maximum Gasteiger partial charge on any atom is 0.509 e. The van der Waals surface area contributed by atoms with Gasteiger partial charge in [0.15, 0.2) is 11.2 Å². The van der Waals surface area contributed by atoms with Crippen LogP contribution >= 0.6 is 0 Å². The molecule has 1 aliphatic heterocycles. The molecule has 0 saturated carbocycles. The Balaban J connectivity index is 3.19. The van der Waals surface area contributed by atoms with E-state index >= 15 is 0 Å². The highest BCUT2D eigenvalue weighted by atomic mass is 28.1. The number of carbonyl (C=O) groups is 1. The van der Waals surface area contributed by atoms with Gasteiger partial charge in [0.05, 0.1) is 0 Å². The molecule has 94 valence electrons. The second-order valence-electron chi connectivity index (χ2n) is 4.27. The van der Waals surface area contributed by atoms with Crippen LogP contribution in [0, 0.1) is 0 Å². The van der Waals surface area contributed by atoms with Crippen molar-refractivity contribution in [1.29, 1.82) is 0 Å². The van der Waals surface area contributed by atoms with Gasteiger partial charge >= 0.3 is 6.16 Å². The van der Waals surface area contributed by atoms with Crippen LogP contribution in [0.1, 0.15) is 19.3 Å². The molecule has 1 unspecified atom stereocenters. The van der Waals surface area contributed by atoms with Crippen molar-refractivity contribution in [3.63, 3.8) is 0 Å². The Morgan fingerprint density at radius 3 is 1.82 bits per heavy atom. The molecule has 1 atom stereocenters. The Labute approximate surface area is 106 Å². The van der Waals surface area contributed by atoms with Crippen LogP contribution in [-0.2, 0) is 9.47 Å². The van der Waals surface area contributed by atoms with Crippen molar-refractivity contribution in [2.24, 2.45) is 0 Å². The zero-order valence-corrected chi connectivity index (χ0v) is 12.4. The van der Waals surface area contributed by atoms with E-state index in [-0.39, 0.29) is 0 Å². The average Bonchev–Trinajstić information content (AvgIpc) is 2.53. The van der Waals surface area contributed by atoms with Gasteiger partial charge in [0.2, 0.25) is 0 Å². The first-order valence-electron chi connectivity index (χ1n) is 5.84. The number of ether oxygens (including phenoxy) is 2. The largest absolute Gasteiger partial charge is 0.509 e. The summed E-state index contributed by atoms with van der Waals surface area (Å²) in [6.45, 7) is 11.2. The van der Waals surface area contributed by atoms with Crippen LogP contribution in [0.25, 0.3) is 0 Å². The second kappa shape index (κ2) is 5.36. The normalized spacial score (nSPS) is 26.0. The first-order chi connectivity index (χ1) is 8.09. The molecule has 1 aliphatic rings. The van der Waals surface area contributed by atoms with E-state index in [9.17, 15) is 4.79 Å². The van der Waals surface area contributed by atoms with Gasteiger partial charge in [-0.2, -0.15) is 0 Å². The Hall–Kier alpha value is -1.29. The lowest BCUT2D eigenvalue weighted by Gasteiger charge is -2.39. The first-order valence-corrected chi connectivity index (χ1v) is 7.26. The predicted octanol–water partition coefficient (Wildman–Crippen LogP) is 2.14. The van der Waals surface area contributed by atoms with Crippen LogP contribution in [-0.4, -0.2) is 27.6 Å². The van der Waals surface area contributed by atoms with Crippen LogP contribution in [0.15, 0.2) is 38.0 Å². The van der Waals surface area contributed by atoms with Gasteiger partial charge in [0.1, 0.15) is 0 Å². The van der Waals surface area contributed by atoms with Crippen molar-refractivity contribution < 1.29 is 14.3 Å². The fourth-order valence-corrected chi connectivity index (χ4v) is 3.61. The third-order valence-corrected chi connectivity index (χ3v) is 4.52. The molecule has 0 aromatic rings. The SMILES string of the molecule is C=CCC1(C[SiH3])OC(=O)OC1(CC=C)CC=C. The minimum atomic E-state index is -0.663. The van der Waals surface area contributed by atoms with Crippen molar-refractivity contribution >= 4 is 16.4 Å². The lowest BCUT2D eigenvalue weighted by molar-refractivity contribution is -0.0300. The standard InChI is InChI=1S/C13H20O3Si/c1-4-7-12(8-5-2)13(10-17,9-6-3)16-11(14)15-12/h4-6H,1-3,7-10H2,17H3. The summed E-state index contributed by atoms with van der Waals surface area (Å²) in [5, 5.41) is 0. The zero-order chi connectivity index (χ0) is 12.9. The molecule has 0 radical (unpaired) electrons. The minimum absolute atomic E-state index is 0.570. The molecular formula is C13H20O3Si. The topological polar surface area (TPSA) is 35.5 Å². The van der Waals surface area contributed by atoms with Crippen LogP contribution in [0.4, 0.5) is 4.79 Å². The summed E-state index contributed by atoms with van der Waals surface area (Å²) in [4.78, 5) is 11.5. The third-order valence-electron chi connectivity index (χ3n) is 3.38. The van der Waals surface area contributed by atoms with Gasteiger partial charge < -0.3 is 9.47 Å². The molecule has 0 aromatic carbocycles. The highest BCUT2D eigenvalue weighted by Crippen LogP contribution is 2.47. The fraction of sp³-hybridized carbons (Fsp3) is 0.462. The average molecular weight is 252 g/mol. The Morgan fingerprint density at radius 1 is 1.00 bits per heavy atom. The van der Waals surface area contributed by atoms with Crippen molar-refractivity contribution in [3.8, 4) is 0 Å². The molecule has 0 aliphatic carbocycles. The van der Waals surface area contributed by atoms with Crippen molar-refractivity contribution in [2.75, 3.05) is 0 Å². The van der Waals surface area contributed by atoms with E-state index in [1.165, 1.54) is 0 Å². The first kappa shape index (κ1) is 13.8. The summed E-state index contributed by atoms with van der Waals surface area (Å²) in [6, 6.07) is 0.812. The molecular weight excluding hydrogens is 232 g/mol. The van der Waals surface area contributed by atoms with Crippen molar-refractivity contribution in [3.05, 3.63) is 38.0 Å². The second-order valence-corrected chi connectivity index (χ2v) is 4.98. The zero-order valence-electron chi connectivity index (χ0n) is 10.4. The molecule has 1 fully saturated rings. The van der Waals surface area contributed by atoms with E-state index in [0.717, 1.165) is 16.3 Å². The predicted molar refractivity (Wildman–Crippen MR) is 72.2 cm³/mol. The summed E-state index contributed by atoms with van der Waals surface area (Å²) in [7, 11) is 0.923. The monoisotopic (exact) mass is 252 g/mol. The lowest BCUT2D eigenvalue weighted by Crippen LogP contribution is -2.50. The van der Waals surface area contributed by atoms with Crippen LogP contribution < -0.4 is 0 Å². The highest BCUT2D eigenvalue weighted by Gasteiger charge is 2.59. The summed E-state index contributed by atoms with van der Waals surface area (Å²) >= 11 is 0. The Kier molecular flexibility index (Phi) is 4.34. The summed E-state index contributed by atoms with van der Waals surface area (Å²) in [5.74, 6) is 0. The molecule has 0 spiro atoms. The number of cyclic esters (lactones) is 2. The maximum absolute atomic E-state index is 11.5. The molecule has 4 heteroatoms. The Bertz CT molecular complexity index is 328. The Morgan fingerprint density at radius 2 is 1.41 bits per heavy atom. The molecule has 3 nitrogen and oxygen atoms in total. The van der Waals surface area contributed by atoms with Gasteiger partial charge in [0, 0.05) is 29.5 Å². The maximum atomic E-state index is 11.5. The number of carbonyl (C=O) groups excluding carboxylic acids is 1. The van der Waals surface area contributed by atoms with E-state index in [0.29, 0.717) is 19.3 Å². The molecule has 17 heavy (non-hydrogen) atoms. The molecule has 1 heterocycles. The smallest absolute Gasteiger partial charge is 0.423 e. The number of rotatable bonds is 7. The molecule has 0 aromatic heterocycles. The minimum Gasteiger partial charge on any atom is -0.423 e. The van der Waals surface area contributed by atoms with Gasteiger partial charge in [0.25, 0.3) is 0 Å². The molecule has 0 amide bonds. The van der Waals surface area contributed by atoms with Crippen LogP contribution in [0.5, 0.6) is 0 Å².